The lowest BCUT2D eigenvalue weighted by molar-refractivity contribution is 0.0690. The molecule has 0 aliphatic rings. The molecular weight excluding hydrogens is 352 g/mol. The topological polar surface area (TPSA) is 55.8 Å². The quantitative estimate of drug-likeness (QED) is 0.559. The van der Waals surface area contributed by atoms with Crippen molar-refractivity contribution >= 4 is 11.5 Å². The molecule has 0 aliphatic heterocycles. The molecule has 142 valence electrons. The van der Waals surface area contributed by atoms with E-state index in [-0.39, 0.29) is 17.9 Å². The summed E-state index contributed by atoms with van der Waals surface area (Å²) in [6.45, 7) is 6.30. The minimum atomic E-state index is -1.07. The minimum absolute atomic E-state index is 0.0551. The molecule has 0 saturated heterocycles. The molecule has 4 heteroatoms. The third-order valence-electron chi connectivity index (χ3n) is 4.24. The van der Waals surface area contributed by atoms with Crippen molar-refractivity contribution in [3.05, 3.63) is 102 Å². The van der Waals surface area contributed by atoms with Crippen molar-refractivity contribution in [3.8, 4) is 11.5 Å². The molecule has 0 spiro atoms. The number of carboxylic acid groups (broad SMARTS) is 1. The van der Waals surface area contributed by atoms with Crippen LogP contribution in [0.4, 0.5) is 0 Å². The van der Waals surface area contributed by atoms with Crippen LogP contribution in [0.25, 0.3) is 5.57 Å². The third kappa shape index (κ3) is 4.80. The first-order valence-electron chi connectivity index (χ1n) is 8.95. The van der Waals surface area contributed by atoms with Gasteiger partial charge in [0.25, 0.3) is 0 Å². The van der Waals surface area contributed by atoms with E-state index in [2.05, 4.69) is 6.58 Å². The zero-order chi connectivity index (χ0) is 19.9. The summed E-state index contributed by atoms with van der Waals surface area (Å²) in [6, 6.07) is 22.6. The lowest BCUT2D eigenvalue weighted by atomic mass is 10.0. The first-order valence-corrected chi connectivity index (χ1v) is 8.95. The van der Waals surface area contributed by atoms with Crippen LogP contribution in [0.2, 0.25) is 0 Å². The first kappa shape index (κ1) is 19.2. The Morgan fingerprint density at radius 1 is 0.893 bits per heavy atom. The van der Waals surface area contributed by atoms with Gasteiger partial charge in [0.1, 0.15) is 18.8 Å². The standard InChI is InChI=1S/C24H22O4/c1-17(2)20-13-21(24(25)26)23(28-16-19-11-7-4-8-12-19)22(14-20)27-15-18-9-5-3-6-10-18/h3-14H,1,15-16H2,2H3,(H,25,26). The minimum Gasteiger partial charge on any atom is -0.485 e. The molecule has 4 nitrogen and oxygen atoms in total. The average molecular weight is 374 g/mol. The average Bonchev–Trinajstić information content (AvgIpc) is 2.71. The molecule has 28 heavy (non-hydrogen) atoms. The SMILES string of the molecule is C=C(C)c1cc(OCc2ccccc2)c(OCc2ccccc2)c(C(=O)O)c1. The van der Waals surface area contributed by atoms with E-state index in [0.29, 0.717) is 17.9 Å². The van der Waals surface area contributed by atoms with Gasteiger partial charge in [-0.05, 0) is 35.7 Å². The summed E-state index contributed by atoms with van der Waals surface area (Å²) in [5.74, 6) is -0.467. The molecule has 3 aromatic carbocycles. The van der Waals surface area contributed by atoms with E-state index in [1.54, 1.807) is 12.1 Å². The lowest BCUT2D eigenvalue weighted by Gasteiger charge is -2.17. The third-order valence-corrected chi connectivity index (χ3v) is 4.24. The van der Waals surface area contributed by atoms with Crippen molar-refractivity contribution in [2.24, 2.45) is 0 Å². The molecule has 1 N–H and O–H groups in total. The Balaban J connectivity index is 1.95. The van der Waals surface area contributed by atoms with Crippen LogP contribution in [0.1, 0.15) is 34.0 Å². The van der Waals surface area contributed by atoms with Gasteiger partial charge in [-0.3, -0.25) is 0 Å². The number of carbonyl (C=O) groups is 1. The Morgan fingerprint density at radius 2 is 1.43 bits per heavy atom. The summed E-state index contributed by atoms with van der Waals surface area (Å²) in [7, 11) is 0. The van der Waals surface area contributed by atoms with Gasteiger partial charge in [0.15, 0.2) is 11.5 Å². The fraction of sp³-hybridized carbons (Fsp3) is 0.125. The van der Waals surface area contributed by atoms with Crippen LogP contribution in [0.3, 0.4) is 0 Å². The van der Waals surface area contributed by atoms with Crippen molar-refractivity contribution in [1.29, 1.82) is 0 Å². The van der Waals surface area contributed by atoms with E-state index in [9.17, 15) is 9.90 Å². The molecule has 0 unspecified atom stereocenters. The zero-order valence-electron chi connectivity index (χ0n) is 15.7. The van der Waals surface area contributed by atoms with E-state index in [0.717, 1.165) is 16.7 Å². The number of benzene rings is 3. The van der Waals surface area contributed by atoms with Gasteiger partial charge in [0.05, 0.1) is 0 Å². The Bertz CT molecular complexity index is 963. The summed E-state index contributed by atoms with van der Waals surface area (Å²) in [5, 5.41) is 9.71. The highest BCUT2D eigenvalue weighted by atomic mass is 16.5. The second kappa shape index (κ2) is 8.91. The van der Waals surface area contributed by atoms with Crippen LogP contribution in [0.15, 0.2) is 79.4 Å². The molecule has 0 aliphatic carbocycles. The van der Waals surface area contributed by atoms with E-state index in [4.69, 9.17) is 9.47 Å². The number of carboxylic acids is 1. The highest BCUT2D eigenvalue weighted by molar-refractivity contribution is 5.93. The Kier molecular flexibility index (Phi) is 6.12. The van der Waals surface area contributed by atoms with E-state index >= 15 is 0 Å². The highest BCUT2D eigenvalue weighted by Gasteiger charge is 2.20. The summed E-state index contributed by atoms with van der Waals surface area (Å²) in [5.41, 5.74) is 3.43. The van der Waals surface area contributed by atoms with Gasteiger partial charge >= 0.3 is 5.97 Å². The first-order chi connectivity index (χ1) is 13.5. The molecule has 0 fully saturated rings. The van der Waals surface area contributed by atoms with Crippen LogP contribution in [-0.2, 0) is 13.2 Å². The van der Waals surface area contributed by atoms with Gasteiger partial charge in [-0.2, -0.15) is 0 Å². The normalized spacial score (nSPS) is 10.3. The predicted molar refractivity (Wildman–Crippen MR) is 110 cm³/mol. The number of allylic oxidation sites excluding steroid dienone is 1. The van der Waals surface area contributed by atoms with E-state index in [1.807, 2.05) is 67.6 Å². The van der Waals surface area contributed by atoms with E-state index < -0.39 is 5.97 Å². The Morgan fingerprint density at radius 3 is 1.93 bits per heavy atom. The molecule has 0 bridgehead atoms. The largest absolute Gasteiger partial charge is 0.485 e. The van der Waals surface area contributed by atoms with Crippen LogP contribution in [0.5, 0.6) is 11.5 Å². The lowest BCUT2D eigenvalue weighted by Crippen LogP contribution is -2.07. The van der Waals surface area contributed by atoms with Gasteiger partial charge in [0, 0.05) is 0 Å². The fourth-order valence-corrected chi connectivity index (χ4v) is 2.73. The number of hydrogen-bond acceptors (Lipinski definition) is 3. The second-order valence-corrected chi connectivity index (χ2v) is 6.49. The van der Waals surface area contributed by atoms with Gasteiger partial charge in [-0.25, -0.2) is 4.79 Å². The second-order valence-electron chi connectivity index (χ2n) is 6.49. The van der Waals surface area contributed by atoms with Crippen molar-refractivity contribution in [1.82, 2.24) is 0 Å². The van der Waals surface area contributed by atoms with Crippen molar-refractivity contribution in [2.45, 2.75) is 20.1 Å². The van der Waals surface area contributed by atoms with Gasteiger partial charge in [0.2, 0.25) is 0 Å². The molecule has 0 amide bonds. The van der Waals surface area contributed by atoms with Gasteiger partial charge in [-0.15, -0.1) is 0 Å². The van der Waals surface area contributed by atoms with Gasteiger partial charge in [-0.1, -0.05) is 72.8 Å². The molecule has 0 atom stereocenters. The molecular formula is C24H22O4. The molecule has 3 aromatic rings. The fourth-order valence-electron chi connectivity index (χ4n) is 2.73. The highest BCUT2D eigenvalue weighted by Crippen LogP contribution is 2.36. The maximum absolute atomic E-state index is 11.9. The summed E-state index contributed by atoms with van der Waals surface area (Å²) < 4.78 is 11.9. The molecule has 0 aromatic heterocycles. The molecule has 0 radical (unpaired) electrons. The molecule has 0 heterocycles. The van der Waals surface area contributed by atoms with Crippen molar-refractivity contribution in [3.63, 3.8) is 0 Å². The summed E-state index contributed by atoms with van der Waals surface area (Å²) in [4.78, 5) is 11.9. The van der Waals surface area contributed by atoms with Crippen molar-refractivity contribution < 1.29 is 19.4 Å². The molecule has 3 rings (SSSR count). The number of rotatable bonds is 8. The van der Waals surface area contributed by atoms with Crippen molar-refractivity contribution in [2.75, 3.05) is 0 Å². The smallest absolute Gasteiger partial charge is 0.339 e. The zero-order valence-corrected chi connectivity index (χ0v) is 15.7. The number of aromatic carboxylic acids is 1. The van der Waals surface area contributed by atoms with Crippen LogP contribution in [-0.4, -0.2) is 11.1 Å². The maximum atomic E-state index is 11.9. The maximum Gasteiger partial charge on any atom is 0.339 e. The number of hydrogen-bond donors (Lipinski definition) is 1. The monoisotopic (exact) mass is 374 g/mol. The summed E-state index contributed by atoms with van der Waals surface area (Å²) in [6.07, 6.45) is 0. The van der Waals surface area contributed by atoms with Crippen LogP contribution >= 0.6 is 0 Å². The Hall–Kier alpha value is -3.53. The number of ether oxygens (including phenoxy) is 2. The molecule has 0 saturated carbocycles. The van der Waals surface area contributed by atoms with Crippen LogP contribution in [0, 0.1) is 0 Å². The van der Waals surface area contributed by atoms with E-state index in [1.165, 1.54) is 0 Å². The summed E-state index contributed by atoms with van der Waals surface area (Å²) >= 11 is 0. The van der Waals surface area contributed by atoms with Crippen LogP contribution < -0.4 is 9.47 Å². The van der Waals surface area contributed by atoms with Gasteiger partial charge < -0.3 is 14.6 Å². The predicted octanol–water partition coefficient (Wildman–Crippen LogP) is 5.58. The Labute approximate surface area is 164 Å².